The molecule has 0 spiro atoms. The lowest BCUT2D eigenvalue weighted by Crippen LogP contribution is -2.21. The van der Waals surface area contributed by atoms with Crippen molar-refractivity contribution in [3.8, 4) is 5.75 Å². The summed E-state index contributed by atoms with van der Waals surface area (Å²) in [6, 6.07) is 8.03. The smallest absolute Gasteiger partial charge is 0.177 e. The second kappa shape index (κ2) is 5.57. The van der Waals surface area contributed by atoms with Crippen LogP contribution in [0.15, 0.2) is 29.4 Å². The lowest BCUT2D eigenvalue weighted by atomic mass is 9.97. The van der Waals surface area contributed by atoms with Crippen LogP contribution in [-0.2, 0) is 0 Å². The van der Waals surface area contributed by atoms with Crippen LogP contribution in [0.4, 0.5) is 0 Å². The summed E-state index contributed by atoms with van der Waals surface area (Å²) in [6.07, 6.45) is 5.03. The lowest BCUT2D eigenvalue weighted by Gasteiger charge is -2.15. The average Bonchev–Trinajstić information content (AvgIpc) is 2.90. The van der Waals surface area contributed by atoms with E-state index in [2.05, 4.69) is 11.2 Å². The molecule has 0 unspecified atom stereocenters. The first-order valence-electron chi connectivity index (χ1n) is 5.99. The molecule has 1 aliphatic carbocycles. The molecule has 1 aromatic rings. The van der Waals surface area contributed by atoms with E-state index < -0.39 is 0 Å². The number of hydrogen-bond donors (Lipinski definition) is 2. The number of amidine groups is 1. The van der Waals surface area contributed by atoms with E-state index >= 15 is 0 Å². The molecule has 4 heteroatoms. The molecule has 0 aliphatic heterocycles. The molecule has 1 fully saturated rings. The van der Waals surface area contributed by atoms with Crippen LogP contribution in [0.1, 0.15) is 37.2 Å². The van der Waals surface area contributed by atoms with E-state index in [1.807, 2.05) is 18.2 Å². The summed E-state index contributed by atoms with van der Waals surface area (Å²) in [6.45, 7) is 0.125. The second-order valence-corrected chi connectivity index (χ2v) is 4.40. The molecule has 0 bridgehead atoms. The topological polar surface area (TPSA) is 67.8 Å². The summed E-state index contributed by atoms with van der Waals surface area (Å²) >= 11 is 0. The van der Waals surface area contributed by atoms with E-state index in [1.165, 1.54) is 31.2 Å². The number of hydrogen-bond acceptors (Lipinski definition) is 3. The zero-order valence-electron chi connectivity index (χ0n) is 9.80. The van der Waals surface area contributed by atoms with Crippen LogP contribution in [0.25, 0.3) is 0 Å². The quantitative estimate of drug-likeness (QED) is 0.364. The van der Waals surface area contributed by atoms with Gasteiger partial charge in [-0.3, -0.25) is 0 Å². The van der Waals surface area contributed by atoms with Crippen LogP contribution < -0.4 is 10.5 Å². The SMILES string of the molecule is N/C(COc1ccccc1C1CCCC1)=N/O. The minimum Gasteiger partial charge on any atom is -0.485 e. The highest BCUT2D eigenvalue weighted by Crippen LogP contribution is 2.38. The molecular formula is C13H18N2O2. The zero-order chi connectivity index (χ0) is 12.1. The highest BCUT2D eigenvalue weighted by atomic mass is 16.5. The maximum absolute atomic E-state index is 8.48. The Morgan fingerprint density at radius 2 is 2.06 bits per heavy atom. The highest BCUT2D eigenvalue weighted by Gasteiger charge is 2.20. The minimum atomic E-state index is 0.0891. The molecule has 0 atom stereocenters. The van der Waals surface area contributed by atoms with Crippen molar-refractivity contribution in [1.29, 1.82) is 0 Å². The van der Waals surface area contributed by atoms with Gasteiger partial charge in [-0.05, 0) is 30.4 Å². The normalized spacial score (nSPS) is 17.3. The fourth-order valence-corrected chi connectivity index (χ4v) is 2.37. The molecule has 1 saturated carbocycles. The van der Waals surface area contributed by atoms with Crippen molar-refractivity contribution in [2.45, 2.75) is 31.6 Å². The molecular weight excluding hydrogens is 216 g/mol. The summed E-state index contributed by atoms with van der Waals surface area (Å²) in [4.78, 5) is 0. The average molecular weight is 234 g/mol. The van der Waals surface area contributed by atoms with Crippen LogP contribution in [0.3, 0.4) is 0 Å². The number of benzene rings is 1. The van der Waals surface area contributed by atoms with Gasteiger partial charge in [-0.2, -0.15) is 0 Å². The van der Waals surface area contributed by atoms with E-state index in [4.69, 9.17) is 15.7 Å². The standard InChI is InChI=1S/C13H18N2O2/c14-13(15-16)9-17-12-8-4-3-7-11(12)10-5-1-2-6-10/h3-4,7-8,10,16H,1-2,5-6,9H2,(H2,14,15). The number of nitrogens with zero attached hydrogens (tertiary/aromatic N) is 1. The molecule has 4 nitrogen and oxygen atoms in total. The minimum absolute atomic E-state index is 0.0891. The van der Waals surface area contributed by atoms with Gasteiger partial charge in [0.15, 0.2) is 5.84 Å². The third-order valence-electron chi connectivity index (χ3n) is 3.22. The van der Waals surface area contributed by atoms with Crippen LogP contribution in [0.2, 0.25) is 0 Å². The van der Waals surface area contributed by atoms with Gasteiger partial charge < -0.3 is 15.7 Å². The fraction of sp³-hybridized carbons (Fsp3) is 0.462. The molecule has 0 heterocycles. The Kier molecular flexibility index (Phi) is 3.85. The van der Waals surface area contributed by atoms with Crippen LogP contribution >= 0.6 is 0 Å². The Bertz CT molecular complexity index is 398. The van der Waals surface area contributed by atoms with Gasteiger partial charge in [0.05, 0.1) is 0 Å². The van der Waals surface area contributed by atoms with Gasteiger partial charge >= 0.3 is 0 Å². The van der Waals surface area contributed by atoms with Crippen molar-refractivity contribution in [2.75, 3.05) is 6.61 Å². The maximum Gasteiger partial charge on any atom is 0.177 e. The van der Waals surface area contributed by atoms with Crippen LogP contribution in [-0.4, -0.2) is 17.6 Å². The van der Waals surface area contributed by atoms with Crippen molar-refractivity contribution < 1.29 is 9.94 Å². The zero-order valence-corrected chi connectivity index (χ0v) is 9.80. The maximum atomic E-state index is 8.48. The molecule has 1 aromatic carbocycles. The summed E-state index contributed by atoms with van der Waals surface area (Å²) in [7, 11) is 0. The van der Waals surface area contributed by atoms with E-state index in [0.29, 0.717) is 5.92 Å². The van der Waals surface area contributed by atoms with Crippen molar-refractivity contribution in [3.63, 3.8) is 0 Å². The van der Waals surface area contributed by atoms with E-state index in [1.54, 1.807) is 0 Å². The van der Waals surface area contributed by atoms with Gasteiger partial charge in [0.2, 0.25) is 0 Å². The Labute approximate surface area is 101 Å². The predicted octanol–water partition coefficient (Wildman–Crippen LogP) is 2.47. The van der Waals surface area contributed by atoms with Gasteiger partial charge in [0, 0.05) is 0 Å². The van der Waals surface area contributed by atoms with Gasteiger partial charge in [-0.25, -0.2) is 0 Å². The molecule has 0 saturated heterocycles. The lowest BCUT2D eigenvalue weighted by molar-refractivity contribution is 0.305. The van der Waals surface area contributed by atoms with Gasteiger partial charge in [-0.15, -0.1) is 0 Å². The summed E-state index contributed by atoms with van der Waals surface area (Å²) in [5, 5.41) is 11.4. The van der Waals surface area contributed by atoms with Gasteiger partial charge in [0.25, 0.3) is 0 Å². The Hall–Kier alpha value is -1.71. The van der Waals surface area contributed by atoms with Crippen molar-refractivity contribution in [3.05, 3.63) is 29.8 Å². The van der Waals surface area contributed by atoms with Crippen LogP contribution in [0.5, 0.6) is 5.75 Å². The van der Waals surface area contributed by atoms with E-state index in [0.717, 1.165) is 5.75 Å². The molecule has 3 N–H and O–H groups in total. The number of para-hydroxylation sites is 1. The Balaban J connectivity index is 2.10. The first-order valence-corrected chi connectivity index (χ1v) is 5.99. The van der Waals surface area contributed by atoms with Crippen molar-refractivity contribution in [1.82, 2.24) is 0 Å². The predicted molar refractivity (Wildman–Crippen MR) is 66.6 cm³/mol. The largest absolute Gasteiger partial charge is 0.485 e. The molecule has 1 aliphatic rings. The van der Waals surface area contributed by atoms with Crippen molar-refractivity contribution >= 4 is 5.84 Å². The molecule has 92 valence electrons. The monoisotopic (exact) mass is 234 g/mol. The summed E-state index contributed by atoms with van der Waals surface area (Å²) in [5.41, 5.74) is 6.65. The van der Waals surface area contributed by atoms with Gasteiger partial charge in [-0.1, -0.05) is 36.2 Å². The number of ether oxygens (including phenoxy) is 1. The molecule has 0 amide bonds. The molecule has 2 rings (SSSR count). The molecule has 17 heavy (non-hydrogen) atoms. The third kappa shape index (κ3) is 2.90. The number of oxime groups is 1. The Morgan fingerprint density at radius 3 is 2.76 bits per heavy atom. The highest BCUT2D eigenvalue weighted by molar-refractivity contribution is 5.81. The number of rotatable bonds is 4. The van der Waals surface area contributed by atoms with E-state index in [9.17, 15) is 0 Å². The number of nitrogens with two attached hydrogens (primary N) is 1. The Morgan fingerprint density at radius 1 is 1.35 bits per heavy atom. The summed E-state index contributed by atoms with van der Waals surface area (Å²) < 4.78 is 5.59. The van der Waals surface area contributed by atoms with E-state index in [-0.39, 0.29) is 12.4 Å². The first kappa shape index (κ1) is 11.8. The molecule has 0 radical (unpaired) electrons. The second-order valence-electron chi connectivity index (χ2n) is 4.40. The fourth-order valence-electron chi connectivity index (χ4n) is 2.37. The van der Waals surface area contributed by atoms with Gasteiger partial charge in [0.1, 0.15) is 12.4 Å². The molecule has 0 aromatic heterocycles. The van der Waals surface area contributed by atoms with Crippen molar-refractivity contribution in [2.24, 2.45) is 10.9 Å². The first-order chi connectivity index (χ1) is 8.31. The third-order valence-corrected chi connectivity index (χ3v) is 3.22. The summed E-state index contributed by atoms with van der Waals surface area (Å²) in [5.74, 6) is 1.54. The van der Waals surface area contributed by atoms with Crippen LogP contribution in [0, 0.1) is 0 Å².